The number of sulfonamides is 1. The zero-order valence-electron chi connectivity index (χ0n) is 16.4. The molecule has 2 aromatic carbocycles. The topological polar surface area (TPSA) is 58.7 Å². The van der Waals surface area contributed by atoms with E-state index in [0.29, 0.717) is 22.6 Å². The maximum Gasteiger partial charge on any atom is 0.270 e. The van der Waals surface area contributed by atoms with Gasteiger partial charge in [-0.25, -0.2) is 12.7 Å². The van der Waals surface area contributed by atoms with Crippen LogP contribution in [-0.4, -0.2) is 49.4 Å². The number of rotatable bonds is 5. The molecule has 29 heavy (non-hydrogen) atoms. The van der Waals surface area contributed by atoms with Gasteiger partial charge in [-0.1, -0.05) is 36.4 Å². The van der Waals surface area contributed by atoms with Gasteiger partial charge in [0.15, 0.2) is 5.58 Å². The highest BCUT2D eigenvalue weighted by atomic mass is 32.2. The van der Waals surface area contributed by atoms with Crippen LogP contribution in [0.15, 0.2) is 63.9 Å². The summed E-state index contributed by atoms with van der Waals surface area (Å²) in [5.41, 5.74) is 3.89. The molecular weight excluding hydrogens is 406 g/mol. The highest BCUT2D eigenvalue weighted by Gasteiger charge is 2.20. The molecule has 0 unspecified atom stereocenters. The van der Waals surface area contributed by atoms with Gasteiger partial charge in [0.25, 0.3) is 4.84 Å². The minimum atomic E-state index is -3.53. The average Bonchev–Trinajstić information content (AvgIpc) is 3.03. The van der Waals surface area contributed by atoms with Crippen molar-refractivity contribution in [3.05, 3.63) is 65.0 Å². The molecule has 1 aliphatic rings. The Morgan fingerprint density at radius 1 is 1.14 bits per heavy atom. The van der Waals surface area contributed by atoms with Crippen LogP contribution in [0.3, 0.4) is 0 Å². The molecule has 2 heterocycles. The Morgan fingerprint density at radius 3 is 2.55 bits per heavy atom. The lowest BCUT2D eigenvalue weighted by Gasteiger charge is -2.26. The number of fused-ring (bicyclic) bond motifs is 1. The summed E-state index contributed by atoms with van der Waals surface area (Å²) in [6.07, 6.45) is 3.19. The second kappa shape index (κ2) is 7.87. The number of hydrogen-bond acceptors (Lipinski definition) is 5. The lowest BCUT2D eigenvalue weighted by atomic mass is 10.00. The zero-order chi connectivity index (χ0) is 20.6. The van der Waals surface area contributed by atoms with Crippen molar-refractivity contribution < 1.29 is 12.8 Å². The van der Waals surface area contributed by atoms with Crippen LogP contribution < -0.4 is 0 Å². The number of hydrogen-bond donors (Lipinski definition) is 0. The summed E-state index contributed by atoms with van der Waals surface area (Å²) in [7, 11) is -0.486. The molecule has 0 spiro atoms. The predicted molar refractivity (Wildman–Crippen MR) is 117 cm³/mol. The summed E-state index contributed by atoms with van der Waals surface area (Å²) >= 11 is 5.40. The summed E-state index contributed by atoms with van der Waals surface area (Å²) in [6, 6.07) is 15.3. The molecule has 0 amide bonds. The summed E-state index contributed by atoms with van der Waals surface area (Å²) < 4.78 is 33.7. The Morgan fingerprint density at radius 2 is 1.90 bits per heavy atom. The molecule has 6 nitrogen and oxygen atoms in total. The van der Waals surface area contributed by atoms with Crippen LogP contribution in [0.25, 0.3) is 16.7 Å². The van der Waals surface area contributed by atoms with Gasteiger partial charge in [-0.05, 0) is 48.0 Å². The fourth-order valence-corrected chi connectivity index (χ4v) is 4.67. The van der Waals surface area contributed by atoms with Crippen molar-refractivity contribution in [3.63, 3.8) is 0 Å². The first-order chi connectivity index (χ1) is 13.9. The summed E-state index contributed by atoms with van der Waals surface area (Å²) in [5.74, 6) is 0. The van der Waals surface area contributed by atoms with Crippen molar-refractivity contribution in [1.82, 2.24) is 13.8 Å². The molecule has 0 saturated carbocycles. The molecule has 152 valence electrons. The monoisotopic (exact) mass is 429 g/mol. The largest absolute Gasteiger partial charge is 0.429 e. The SMILES string of the molecule is CN(C)S(=O)(=O)c1ccc2oc(=S)n(CN3CC=C(c4ccccc4)CC3)c2c1. The van der Waals surface area contributed by atoms with Crippen LogP contribution in [0.4, 0.5) is 0 Å². The Hall–Kier alpha value is -2.26. The van der Waals surface area contributed by atoms with Gasteiger partial charge in [0.05, 0.1) is 17.1 Å². The van der Waals surface area contributed by atoms with Crippen molar-refractivity contribution in [3.8, 4) is 0 Å². The first kappa shape index (κ1) is 20.0. The molecule has 0 fully saturated rings. The lowest BCUT2D eigenvalue weighted by molar-refractivity contribution is 0.238. The second-order valence-electron chi connectivity index (χ2n) is 7.28. The normalized spacial score (nSPS) is 15.8. The van der Waals surface area contributed by atoms with Gasteiger partial charge in [-0.15, -0.1) is 0 Å². The van der Waals surface area contributed by atoms with E-state index in [1.54, 1.807) is 18.2 Å². The standard InChI is InChI=1S/C21H23N3O3S2/c1-22(2)29(25,26)18-8-9-20-19(14-18)24(21(28)27-20)15-23-12-10-17(11-13-23)16-6-4-3-5-7-16/h3-10,14H,11-13,15H2,1-2H3. The molecule has 8 heteroatoms. The summed E-state index contributed by atoms with van der Waals surface area (Å²) in [5, 5.41) is 0. The third-order valence-electron chi connectivity index (χ3n) is 5.20. The fraction of sp³-hybridized carbons (Fsp3) is 0.286. The lowest BCUT2D eigenvalue weighted by Crippen LogP contribution is -2.30. The molecule has 0 aliphatic carbocycles. The zero-order valence-corrected chi connectivity index (χ0v) is 18.0. The number of benzene rings is 2. The van der Waals surface area contributed by atoms with Crippen molar-refractivity contribution >= 4 is 38.9 Å². The van der Waals surface area contributed by atoms with Crippen LogP contribution in [0, 0.1) is 4.84 Å². The molecule has 0 bridgehead atoms. The van der Waals surface area contributed by atoms with Crippen molar-refractivity contribution in [2.24, 2.45) is 0 Å². The van der Waals surface area contributed by atoms with E-state index in [0.717, 1.165) is 19.5 Å². The van der Waals surface area contributed by atoms with E-state index in [2.05, 4.69) is 35.2 Å². The summed E-state index contributed by atoms with van der Waals surface area (Å²) in [6.45, 7) is 2.25. The minimum absolute atomic E-state index is 0.226. The van der Waals surface area contributed by atoms with Gasteiger partial charge in [-0.2, -0.15) is 0 Å². The van der Waals surface area contributed by atoms with E-state index >= 15 is 0 Å². The maximum absolute atomic E-state index is 12.5. The molecule has 4 rings (SSSR count). The van der Waals surface area contributed by atoms with E-state index < -0.39 is 10.0 Å². The third kappa shape index (κ3) is 3.93. The van der Waals surface area contributed by atoms with Gasteiger partial charge in [0.2, 0.25) is 10.0 Å². The predicted octanol–water partition coefficient (Wildman–Crippen LogP) is 3.96. The molecule has 0 atom stereocenters. The van der Waals surface area contributed by atoms with Gasteiger partial charge in [0, 0.05) is 27.2 Å². The van der Waals surface area contributed by atoms with Crippen LogP contribution in [0.5, 0.6) is 0 Å². The Labute approximate surface area is 175 Å². The Balaban J connectivity index is 1.61. The van der Waals surface area contributed by atoms with Crippen LogP contribution in [-0.2, 0) is 16.7 Å². The highest BCUT2D eigenvalue weighted by molar-refractivity contribution is 7.89. The molecule has 0 radical (unpaired) electrons. The Kier molecular flexibility index (Phi) is 5.44. The highest BCUT2D eigenvalue weighted by Crippen LogP contribution is 2.26. The van der Waals surface area contributed by atoms with Gasteiger partial charge in [0.1, 0.15) is 0 Å². The third-order valence-corrected chi connectivity index (χ3v) is 7.31. The molecule has 0 N–H and O–H groups in total. The van der Waals surface area contributed by atoms with E-state index in [1.807, 2.05) is 10.6 Å². The Bertz CT molecular complexity index is 1230. The van der Waals surface area contributed by atoms with E-state index in [-0.39, 0.29) is 4.90 Å². The number of aromatic nitrogens is 1. The molecule has 1 aromatic heterocycles. The molecule has 1 aliphatic heterocycles. The fourth-order valence-electron chi connectivity index (χ4n) is 3.50. The first-order valence-corrected chi connectivity index (χ1v) is 11.2. The number of nitrogens with zero attached hydrogens (tertiary/aromatic N) is 3. The van der Waals surface area contributed by atoms with Crippen molar-refractivity contribution in [2.45, 2.75) is 18.0 Å². The molecular formula is C21H23N3O3S2. The maximum atomic E-state index is 12.5. The quantitative estimate of drug-likeness (QED) is 0.575. The van der Waals surface area contributed by atoms with E-state index in [4.69, 9.17) is 16.6 Å². The van der Waals surface area contributed by atoms with Crippen LogP contribution in [0.2, 0.25) is 0 Å². The van der Waals surface area contributed by atoms with Crippen molar-refractivity contribution in [1.29, 1.82) is 0 Å². The van der Waals surface area contributed by atoms with Gasteiger partial charge < -0.3 is 4.42 Å². The number of oxazole rings is 1. The van der Waals surface area contributed by atoms with E-state index in [9.17, 15) is 8.42 Å². The van der Waals surface area contributed by atoms with Gasteiger partial charge in [-0.3, -0.25) is 9.47 Å². The van der Waals surface area contributed by atoms with Crippen molar-refractivity contribution in [2.75, 3.05) is 27.2 Å². The second-order valence-corrected chi connectivity index (χ2v) is 9.78. The average molecular weight is 430 g/mol. The van der Waals surface area contributed by atoms with E-state index in [1.165, 1.54) is 29.5 Å². The van der Waals surface area contributed by atoms with Crippen LogP contribution in [0.1, 0.15) is 12.0 Å². The molecule has 3 aromatic rings. The first-order valence-electron chi connectivity index (χ1n) is 9.39. The minimum Gasteiger partial charge on any atom is -0.429 e. The molecule has 0 saturated heterocycles. The smallest absolute Gasteiger partial charge is 0.270 e. The summed E-state index contributed by atoms with van der Waals surface area (Å²) in [4.78, 5) is 2.84. The van der Waals surface area contributed by atoms with Crippen LogP contribution >= 0.6 is 12.2 Å². The van der Waals surface area contributed by atoms with Gasteiger partial charge >= 0.3 is 0 Å².